The van der Waals surface area contributed by atoms with Gasteiger partial charge >= 0.3 is 6.09 Å². The summed E-state index contributed by atoms with van der Waals surface area (Å²) in [6.07, 6.45) is 4.15. The fraction of sp³-hybridized carbons (Fsp3) is 0.433. The van der Waals surface area contributed by atoms with Gasteiger partial charge in [-0.05, 0) is 49.1 Å². The van der Waals surface area contributed by atoms with Crippen molar-refractivity contribution in [1.29, 1.82) is 0 Å². The van der Waals surface area contributed by atoms with E-state index in [0.29, 0.717) is 18.9 Å². The first-order valence-electron chi connectivity index (χ1n) is 13.5. The number of likely N-dealkylation sites (N-methyl/N-ethyl adjacent to an activating group) is 1. The molecule has 3 aromatic rings. The van der Waals surface area contributed by atoms with Gasteiger partial charge in [0.25, 0.3) is 5.56 Å². The number of carbonyl (C=O) groups is 3. The average molecular weight is 568 g/mol. The van der Waals surface area contributed by atoms with Gasteiger partial charge in [0.15, 0.2) is 11.9 Å². The third-order valence-corrected chi connectivity index (χ3v) is 6.43. The van der Waals surface area contributed by atoms with Crippen LogP contribution in [-0.4, -0.2) is 76.0 Å². The molecule has 0 saturated carbocycles. The van der Waals surface area contributed by atoms with E-state index in [4.69, 9.17) is 4.74 Å². The standard InChI is InChI=1S/C30H38FN5O5/c1-20(2)17-36-24(14-21-13-23(31)11-12-25(21)36)18-35-19-32-16-22(29(35)39)15-26(37)27(41-30(40)34(5)6)9-7-8-10-28(38)33(3)4/h8,10-14,16,19-20,27H,7,9,15,17-18H2,1-6H3/b10-8+/t27-/m0/s1. The van der Waals surface area contributed by atoms with Crippen molar-refractivity contribution in [3.8, 4) is 0 Å². The molecule has 1 aromatic carbocycles. The number of rotatable bonds is 12. The molecule has 2 heterocycles. The maximum absolute atomic E-state index is 13.9. The molecule has 0 unspecified atom stereocenters. The largest absolute Gasteiger partial charge is 0.438 e. The molecule has 0 N–H and O–H groups in total. The number of carbonyl (C=O) groups excluding carboxylic acids is 3. The number of hydrogen-bond donors (Lipinski definition) is 0. The monoisotopic (exact) mass is 567 g/mol. The van der Waals surface area contributed by atoms with E-state index in [-0.39, 0.29) is 36.7 Å². The molecule has 2 amide bonds. The second kappa shape index (κ2) is 13.9. The summed E-state index contributed by atoms with van der Waals surface area (Å²) in [5.41, 5.74) is 1.45. The molecule has 0 aliphatic carbocycles. The molecule has 11 heteroatoms. The van der Waals surface area contributed by atoms with E-state index in [2.05, 4.69) is 23.4 Å². The maximum atomic E-state index is 13.9. The lowest BCUT2D eigenvalue weighted by atomic mass is 10.0. The SMILES string of the molecule is CC(C)Cn1c(Cn2cncc(CC(=O)[C@H](CC/C=C/C(=O)N(C)C)OC(=O)N(C)C)c2=O)cc2cc(F)ccc21. The molecule has 220 valence electrons. The highest BCUT2D eigenvalue weighted by molar-refractivity contribution is 5.88. The number of benzene rings is 1. The van der Waals surface area contributed by atoms with Crippen molar-refractivity contribution in [2.24, 2.45) is 5.92 Å². The van der Waals surface area contributed by atoms with Gasteiger partial charge in [-0.25, -0.2) is 14.2 Å². The Hall–Kier alpha value is -4.28. The summed E-state index contributed by atoms with van der Waals surface area (Å²) in [4.78, 5) is 57.5. The lowest BCUT2D eigenvalue weighted by Gasteiger charge is -2.19. The minimum atomic E-state index is -1.11. The Morgan fingerprint density at radius 2 is 1.83 bits per heavy atom. The first-order valence-corrected chi connectivity index (χ1v) is 13.5. The van der Waals surface area contributed by atoms with E-state index in [1.165, 1.54) is 59.2 Å². The third-order valence-electron chi connectivity index (χ3n) is 6.43. The van der Waals surface area contributed by atoms with E-state index in [9.17, 15) is 23.6 Å². The molecule has 1 atom stereocenters. The number of halogens is 1. The van der Waals surface area contributed by atoms with Crippen molar-refractivity contribution in [1.82, 2.24) is 23.9 Å². The van der Waals surface area contributed by atoms with Gasteiger partial charge in [0, 0.05) is 69.5 Å². The molecule has 10 nitrogen and oxygen atoms in total. The average Bonchev–Trinajstić information content (AvgIpc) is 3.22. The number of hydrogen-bond acceptors (Lipinski definition) is 6. The van der Waals surface area contributed by atoms with Crippen molar-refractivity contribution < 1.29 is 23.5 Å². The van der Waals surface area contributed by atoms with Crippen molar-refractivity contribution in [2.45, 2.75) is 52.3 Å². The summed E-state index contributed by atoms with van der Waals surface area (Å²) >= 11 is 0. The quantitative estimate of drug-likeness (QED) is 0.310. The number of ketones is 1. The summed E-state index contributed by atoms with van der Waals surface area (Å²) in [6.45, 7) is 5.02. The molecular formula is C30H38FN5O5. The van der Waals surface area contributed by atoms with Crippen LogP contribution in [0.15, 0.2) is 53.7 Å². The zero-order valence-electron chi connectivity index (χ0n) is 24.5. The van der Waals surface area contributed by atoms with Crippen LogP contribution in [0.3, 0.4) is 0 Å². The Bertz CT molecular complexity index is 1490. The Morgan fingerprint density at radius 3 is 2.49 bits per heavy atom. The first kappa shape index (κ1) is 31.3. The molecule has 0 saturated heterocycles. The van der Waals surface area contributed by atoms with Crippen molar-refractivity contribution in [2.75, 3.05) is 28.2 Å². The number of aromatic nitrogens is 3. The zero-order chi connectivity index (χ0) is 30.3. The Morgan fingerprint density at radius 1 is 1.10 bits per heavy atom. The van der Waals surface area contributed by atoms with Gasteiger partial charge in [-0.2, -0.15) is 0 Å². The predicted molar refractivity (Wildman–Crippen MR) is 154 cm³/mol. The van der Waals surface area contributed by atoms with Crippen LogP contribution in [0.2, 0.25) is 0 Å². The summed E-state index contributed by atoms with van der Waals surface area (Å²) in [6, 6.07) is 6.47. The molecule has 0 radical (unpaired) electrons. The zero-order valence-corrected chi connectivity index (χ0v) is 24.5. The first-order chi connectivity index (χ1) is 19.4. The minimum Gasteiger partial charge on any atom is -0.438 e. The fourth-order valence-electron chi connectivity index (χ4n) is 4.31. The summed E-state index contributed by atoms with van der Waals surface area (Å²) in [7, 11) is 6.27. The topological polar surface area (TPSA) is 107 Å². The van der Waals surface area contributed by atoms with Crippen molar-refractivity contribution >= 4 is 28.7 Å². The summed E-state index contributed by atoms with van der Waals surface area (Å²) in [5.74, 6) is -0.680. The van der Waals surface area contributed by atoms with Crippen LogP contribution in [0.1, 0.15) is 37.9 Å². The van der Waals surface area contributed by atoms with Crippen LogP contribution in [0.4, 0.5) is 9.18 Å². The van der Waals surface area contributed by atoms with Gasteiger partial charge in [-0.1, -0.05) is 19.9 Å². The third kappa shape index (κ3) is 8.36. The van der Waals surface area contributed by atoms with Gasteiger partial charge < -0.3 is 19.1 Å². The van der Waals surface area contributed by atoms with Crippen LogP contribution in [-0.2, 0) is 33.8 Å². The van der Waals surface area contributed by atoms with E-state index in [1.54, 1.807) is 26.2 Å². The number of Topliss-reactive ketones (excluding diaryl/α,β-unsaturated/α-hetero) is 1. The highest BCUT2D eigenvalue weighted by atomic mass is 19.1. The molecule has 0 bridgehead atoms. The summed E-state index contributed by atoms with van der Waals surface area (Å²) < 4.78 is 22.8. The van der Waals surface area contributed by atoms with Crippen molar-refractivity contribution in [3.05, 3.63) is 76.4 Å². The maximum Gasteiger partial charge on any atom is 0.409 e. The molecule has 3 rings (SSSR count). The Balaban J connectivity index is 1.83. The number of fused-ring (bicyclic) bond motifs is 1. The van der Waals surface area contributed by atoms with E-state index in [0.717, 1.165) is 16.6 Å². The lowest BCUT2D eigenvalue weighted by molar-refractivity contribution is -0.127. The lowest BCUT2D eigenvalue weighted by Crippen LogP contribution is -2.35. The molecule has 2 aromatic heterocycles. The van der Waals surface area contributed by atoms with E-state index in [1.807, 2.05) is 6.07 Å². The van der Waals surface area contributed by atoms with Gasteiger partial charge in [0.05, 0.1) is 12.9 Å². The van der Waals surface area contributed by atoms with E-state index < -0.39 is 23.5 Å². The smallest absolute Gasteiger partial charge is 0.409 e. The van der Waals surface area contributed by atoms with Crippen LogP contribution in [0, 0.1) is 11.7 Å². The molecule has 0 aliphatic rings. The second-order valence-corrected chi connectivity index (χ2v) is 10.8. The predicted octanol–water partition coefficient (Wildman–Crippen LogP) is 3.64. The fourth-order valence-corrected chi connectivity index (χ4v) is 4.31. The number of nitrogens with zero attached hydrogens (tertiary/aromatic N) is 5. The normalized spacial score (nSPS) is 12.2. The molecule has 0 fully saturated rings. The number of allylic oxidation sites excluding steroid dienone is 1. The highest BCUT2D eigenvalue weighted by Crippen LogP contribution is 2.23. The van der Waals surface area contributed by atoms with Crippen LogP contribution in [0.25, 0.3) is 10.9 Å². The minimum absolute atomic E-state index is 0.149. The number of amides is 2. The molecule has 0 spiro atoms. The van der Waals surface area contributed by atoms with Gasteiger partial charge in [-0.15, -0.1) is 0 Å². The highest BCUT2D eigenvalue weighted by Gasteiger charge is 2.25. The Kier molecular flexibility index (Phi) is 10.6. The van der Waals surface area contributed by atoms with Crippen LogP contribution < -0.4 is 5.56 Å². The Labute approximate surface area is 239 Å². The van der Waals surface area contributed by atoms with Crippen LogP contribution in [0.5, 0.6) is 0 Å². The summed E-state index contributed by atoms with van der Waals surface area (Å²) in [5, 5.41) is 0.736. The molecule has 41 heavy (non-hydrogen) atoms. The molecular weight excluding hydrogens is 529 g/mol. The van der Waals surface area contributed by atoms with Gasteiger partial charge in [0.2, 0.25) is 5.91 Å². The molecule has 0 aliphatic heterocycles. The number of ether oxygens (including phenoxy) is 1. The van der Waals surface area contributed by atoms with E-state index >= 15 is 0 Å². The van der Waals surface area contributed by atoms with Crippen molar-refractivity contribution in [3.63, 3.8) is 0 Å². The van der Waals surface area contributed by atoms with Gasteiger partial charge in [-0.3, -0.25) is 19.0 Å². The van der Waals surface area contributed by atoms with Gasteiger partial charge in [0.1, 0.15) is 5.82 Å². The second-order valence-electron chi connectivity index (χ2n) is 10.8. The van der Waals surface area contributed by atoms with Crippen LogP contribution >= 0.6 is 0 Å².